The van der Waals surface area contributed by atoms with Gasteiger partial charge in [0, 0.05) is 39.0 Å². The maximum atomic E-state index is 12.7. The Morgan fingerprint density at radius 1 is 1.42 bits per heavy atom. The Morgan fingerprint density at radius 3 is 2.75 bits per heavy atom. The van der Waals surface area contributed by atoms with Crippen LogP contribution in [0.3, 0.4) is 0 Å². The number of nitrogens with one attached hydrogen (secondary N) is 1. The largest absolute Gasteiger partial charge is 0.396 e. The van der Waals surface area contributed by atoms with Crippen LogP contribution in [0, 0.1) is 5.92 Å². The first-order chi connectivity index (χ1) is 11.3. The molecule has 134 valence electrons. The number of amides is 1. The zero-order valence-electron chi connectivity index (χ0n) is 14.5. The first kappa shape index (κ1) is 18.4. The van der Waals surface area contributed by atoms with E-state index in [0.29, 0.717) is 25.6 Å². The molecule has 2 heterocycles. The maximum absolute atomic E-state index is 12.7. The molecule has 1 aromatic heterocycles. The van der Waals surface area contributed by atoms with Gasteiger partial charge in [0.1, 0.15) is 5.56 Å². The van der Waals surface area contributed by atoms with Crippen LogP contribution in [0.1, 0.15) is 29.6 Å². The van der Waals surface area contributed by atoms with Gasteiger partial charge >= 0.3 is 5.69 Å². The summed E-state index contributed by atoms with van der Waals surface area (Å²) in [5.74, 6) is -0.102. The van der Waals surface area contributed by atoms with Crippen molar-refractivity contribution in [2.45, 2.75) is 25.3 Å². The number of aromatic nitrogens is 2. The number of carbonyl (C=O) groups is 1. The van der Waals surface area contributed by atoms with E-state index in [-0.39, 0.29) is 24.0 Å². The summed E-state index contributed by atoms with van der Waals surface area (Å²) in [4.78, 5) is 42.1. The number of aliphatic hydroxyl groups is 1. The SMILES string of the molecule is CN(C)[C@@H]1CCN(C(=O)c2cn(C)c(=O)[nH]c2=O)C[C@@H]1CCCO. The van der Waals surface area contributed by atoms with Gasteiger partial charge in [-0.25, -0.2) is 4.79 Å². The molecule has 0 aliphatic carbocycles. The van der Waals surface area contributed by atoms with Crippen molar-refractivity contribution >= 4 is 5.91 Å². The third-order valence-corrected chi connectivity index (χ3v) is 4.72. The lowest BCUT2D eigenvalue weighted by atomic mass is 9.87. The summed E-state index contributed by atoms with van der Waals surface area (Å²) in [5.41, 5.74) is -1.20. The number of aliphatic hydroxyl groups excluding tert-OH is 1. The second-order valence-corrected chi connectivity index (χ2v) is 6.61. The molecular weight excluding hydrogens is 312 g/mol. The monoisotopic (exact) mass is 338 g/mol. The van der Waals surface area contributed by atoms with Crippen LogP contribution in [0.25, 0.3) is 0 Å². The van der Waals surface area contributed by atoms with E-state index in [4.69, 9.17) is 5.11 Å². The molecule has 1 aromatic rings. The summed E-state index contributed by atoms with van der Waals surface area (Å²) in [6.07, 6.45) is 3.63. The molecule has 0 saturated carbocycles. The zero-order chi connectivity index (χ0) is 17.9. The molecule has 2 N–H and O–H groups in total. The van der Waals surface area contributed by atoms with E-state index in [2.05, 4.69) is 9.88 Å². The Kier molecular flexibility index (Phi) is 5.95. The van der Waals surface area contributed by atoms with Gasteiger partial charge in [-0.1, -0.05) is 0 Å². The Balaban J connectivity index is 2.20. The van der Waals surface area contributed by atoms with E-state index in [9.17, 15) is 14.4 Å². The van der Waals surface area contributed by atoms with E-state index in [1.165, 1.54) is 17.8 Å². The predicted molar refractivity (Wildman–Crippen MR) is 90.1 cm³/mol. The fourth-order valence-corrected chi connectivity index (χ4v) is 3.41. The molecule has 2 atom stereocenters. The molecule has 0 aromatic carbocycles. The minimum absolute atomic E-state index is 0.0127. The van der Waals surface area contributed by atoms with Crippen molar-refractivity contribution in [1.82, 2.24) is 19.4 Å². The molecule has 0 bridgehead atoms. The molecule has 0 spiro atoms. The second-order valence-electron chi connectivity index (χ2n) is 6.61. The molecular formula is C16H26N4O4. The fourth-order valence-electron chi connectivity index (χ4n) is 3.41. The van der Waals surface area contributed by atoms with Gasteiger partial charge in [-0.05, 0) is 39.3 Å². The van der Waals surface area contributed by atoms with Crippen molar-refractivity contribution in [2.24, 2.45) is 13.0 Å². The number of piperidine rings is 1. The maximum Gasteiger partial charge on any atom is 0.328 e. The first-order valence-electron chi connectivity index (χ1n) is 8.21. The van der Waals surface area contributed by atoms with Gasteiger partial charge in [-0.15, -0.1) is 0 Å². The van der Waals surface area contributed by atoms with Crippen molar-refractivity contribution < 1.29 is 9.90 Å². The van der Waals surface area contributed by atoms with Crippen LogP contribution in [0.4, 0.5) is 0 Å². The Hall–Kier alpha value is -1.93. The molecule has 8 nitrogen and oxygen atoms in total. The van der Waals surface area contributed by atoms with E-state index >= 15 is 0 Å². The van der Waals surface area contributed by atoms with Gasteiger partial charge in [0.05, 0.1) is 0 Å². The summed E-state index contributed by atoms with van der Waals surface area (Å²) in [7, 11) is 5.54. The van der Waals surface area contributed by atoms with Gasteiger partial charge in [0.15, 0.2) is 0 Å². The lowest BCUT2D eigenvalue weighted by Crippen LogP contribution is -2.51. The Labute approximate surface area is 140 Å². The van der Waals surface area contributed by atoms with Gasteiger partial charge in [0.2, 0.25) is 0 Å². The van der Waals surface area contributed by atoms with Crippen LogP contribution < -0.4 is 11.2 Å². The molecule has 1 amide bonds. The number of aryl methyl sites for hydroxylation is 1. The molecule has 8 heteroatoms. The van der Waals surface area contributed by atoms with Crippen LogP contribution in [0.5, 0.6) is 0 Å². The van der Waals surface area contributed by atoms with Crippen molar-refractivity contribution in [1.29, 1.82) is 0 Å². The van der Waals surface area contributed by atoms with Gasteiger partial charge < -0.3 is 19.5 Å². The number of hydrogen-bond donors (Lipinski definition) is 2. The van der Waals surface area contributed by atoms with Gasteiger partial charge in [-0.2, -0.15) is 0 Å². The van der Waals surface area contributed by atoms with Crippen LogP contribution in [0.15, 0.2) is 15.8 Å². The lowest BCUT2D eigenvalue weighted by Gasteiger charge is -2.41. The first-order valence-corrected chi connectivity index (χ1v) is 8.21. The van der Waals surface area contributed by atoms with E-state index in [1.807, 2.05) is 14.1 Å². The average molecular weight is 338 g/mol. The number of nitrogens with zero attached hydrogens (tertiary/aromatic N) is 3. The van der Waals surface area contributed by atoms with Gasteiger partial charge in [-0.3, -0.25) is 14.6 Å². The van der Waals surface area contributed by atoms with Crippen molar-refractivity contribution in [2.75, 3.05) is 33.8 Å². The van der Waals surface area contributed by atoms with E-state index < -0.39 is 11.2 Å². The number of likely N-dealkylation sites (tertiary alicyclic amines) is 1. The van der Waals surface area contributed by atoms with Crippen molar-refractivity contribution in [3.8, 4) is 0 Å². The summed E-state index contributed by atoms with van der Waals surface area (Å²) in [5, 5.41) is 9.10. The predicted octanol–water partition coefficient (Wildman–Crippen LogP) is -0.762. The van der Waals surface area contributed by atoms with Crippen molar-refractivity contribution in [3.63, 3.8) is 0 Å². The molecule has 1 saturated heterocycles. The molecule has 1 aliphatic heterocycles. The average Bonchev–Trinajstić information content (AvgIpc) is 2.55. The number of H-pyrrole nitrogens is 1. The highest BCUT2D eigenvalue weighted by atomic mass is 16.3. The molecule has 0 radical (unpaired) electrons. The third kappa shape index (κ3) is 3.93. The number of aromatic amines is 1. The standard InChI is InChI=1S/C16H26N4O4/c1-18(2)13-6-7-20(9-11(13)5-4-8-21)15(23)12-10-19(3)16(24)17-14(12)22/h10-11,13,21H,4-9H2,1-3H3,(H,17,22,24)/t11-,13+/m0/s1. The highest BCUT2D eigenvalue weighted by Crippen LogP contribution is 2.25. The van der Waals surface area contributed by atoms with E-state index in [1.54, 1.807) is 4.90 Å². The highest BCUT2D eigenvalue weighted by molar-refractivity contribution is 5.93. The summed E-state index contributed by atoms with van der Waals surface area (Å²) >= 11 is 0. The molecule has 1 aliphatic rings. The van der Waals surface area contributed by atoms with Crippen LogP contribution in [0.2, 0.25) is 0 Å². The van der Waals surface area contributed by atoms with Crippen LogP contribution >= 0.6 is 0 Å². The minimum Gasteiger partial charge on any atom is -0.396 e. The quantitative estimate of drug-likeness (QED) is 0.735. The highest BCUT2D eigenvalue weighted by Gasteiger charge is 2.33. The molecule has 2 rings (SSSR count). The minimum atomic E-state index is -0.648. The Bertz CT molecular complexity index is 694. The smallest absolute Gasteiger partial charge is 0.328 e. The number of carbonyl (C=O) groups excluding carboxylic acids is 1. The number of rotatable bonds is 5. The van der Waals surface area contributed by atoms with Gasteiger partial charge in [0.25, 0.3) is 11.5 Å². The summed E-state index contributed by atoms with van der Waals surface area (Å²) < 4.78 is 1.20. The lowest BCUT2D eigenvalue weighted by molar-refractivity contribution is 0.0493. The van der Waals surface area contributed by atoms with E-state index in [0.717, 1.165) is 12.8 Å². The Morgan fingerprint density at radius 2 is 2.12 bits per heavy atom. The zero-order valence-corrected chi connectivity index (χ0v) is 14.5. The fraction of sp³-hybridized carbons (Fsp3) is 0.688. The molecule has 24 heavy (non-hydrogen) atoms. The van der Waals surface area contributed by atoms with Crippen molar-refractivity contribution in [3.05, 3.63) is 32.6 Å². The second kappa shape index (κ2) is 7.76. The molecule has 1 fully saturated rings. The van der Waals surface area contributed by atoms with Crippen LogP contribution in [-0.4, -0.2) is 70.2 Å². The summed E-state index contributed by atoms with van der Waals surface area (Å²) in [6, 6.07) is 0.346. The number of hydrogen-bond acceptors (Lipinski definition) is 5. The molecule has 0 unspecified atom stereocenters. The van der Waals surface area contributed by atoms with Crippen LogP contribution in [-0.2, 0) is 7.05 Å². The normalized spacial score (nSPS) is 21.3. The topological polar surface area (TPSA) is 98.6 Å². The summed E-state index contributed by atoms with van der Waals surface area (Å²) in [6.45, 7) is 1.24. The third-order valence-electron chi connectivity index (χ3n) is 4.72.